The highest BCUT2D eigenvalue weighted by Gasteiger charge is 2.14. The molecule has 1 heterocycles. The summed E-state index contributed by atoms with van der Waals surface area (Å²) in [7, 11) is 0. The Balaban J connectivity index is 2.13. The molecule has 0 radical (unpaired) electrons. The van der Waals surface area contributed by atoms with E-state index < -0.39 is 0 Å². The Morgan fingerprint density at radius 3 is 3.08 bits per heavy atom. The van der Waals surface area contributed by atoms with E-state index in [4.69, 9.17) is 9.47 Å². The third-order valence-corrected chi connectivity index (χ3v) is 1.97. The Morgan fingerprint density at radius 2 is 2.46 bits per heavy atom. The van der Waals surface area contributed by atoms with Crippen molar-refractivity contribution in [1.82, 2.24) is 0 Å². The third-order valence-electron chi connectivity index (χ3n) is 1.97. The van der Waals surface area contributed by atoms with Crippen molar-refractivity contribution < 1.29 is 13.9 Å². The van der Waals surface area contributed by atoms with E-state index in [0.717, 1.165) is 25.9 Å². The molecule has 1 unspecified atom stereocenters. The first-order valence-electron chi connectivity index (χ1n) is 4.90. The highest BCUT2D eigenvalue weighted by atomic mass is 19.1. The smallest absolute Gasteiger partial charge is 0.158 e. The average Bonchev–Trinajstić information content (AvgIpc) is 2.17. The molecular formula is C10H17FO2. The SMILES string of the molecule is CC/C=C(/F)COC1CCCCO1. The lowest BCUT2D eigenvalue weighted by molar-refractivity contribution is -0.158. The number of halogens is 1. The van der Waals surface area contributed by atoms with E-state index in [-0.39, 0.29) is 18.7 Å². The van der Waals surface area contributed by atoms with Crippen molar-refractivity contribution in [3.63, 3.8) is 0 Å². The summed E-state index contributed by atoms with van der Waals surface area (Å²) < 4.78 is 23.4. The van der Waals surface area contributed by atoms with Gasteiger partial charge < -0.3 is 9.47 Å². The molecule has 0 aromatic heterocycles. The van der Waals surface area contributed by atoms with Crippen molar-refractivity contribution >= 4 is 0 Å². The van der Waals surface area contributed by atoms with Crippen LogP contribution in [0.25, 0.3) is 0 Å². The van der Waals surface area contributed by atoms with E-state index in [2.05, 4.69) is 0 Å². The monoisotopic (exact) mass is 188 g/mol. The van der Waals surface area contributed by atoms with E-state index in [1.165, 1.54) is 6.08 Å². The second-order valence-corrected chi connectivity index (χ2v) is 3.17. The number of allylic oxidation sites excluding steroid dienone is 1. The van der Waals surface area contributed by atoms with Gasteiger partial charge in [-0.25, -0.2) is 4.39 Å². The second kappa shape index (κ2) is 6.11. The van der Waals surface area contributed by atoms with Gasteiger partial charge in [-0.05, 0) is 25.7 Å². The molecule has 0 spiro atoms. The summed E-state index contributed by atoms with van der Waals surface area (Å²) >= 11 is 0. The highest BCUT2D eigenvalue weighted by molar-refractivity contribution is 4.90. The van der Waals surface area contributed by atoms with Crippen LogP contribution in [0.4, 0.5) is 4.39 Å². The molecule has 1 aliphatic rings. The van der Waals surface area contributed by atoms with E-state index in [1.54, 1.807) is 0 Å². The molecular weight excluding hydrogens is 171 g/mol. The van der Waals surface area contributed by atoms with Crippen LogP contribution in [0.1, 0.15) is 32.6 Å². The Labute approximate surface area is 78.7 Å². The summed E-state index contributed by atoms with van der Waals surface area (Å²) in [6.45, 7) is 2.69. The van der Waals surface area contributed by atoms with Gasteiger partial charge in [-0.1, -0.05) is 13.0 Å². The zero-order valence-corrected chi connectivity index (χ0v) is 8.09. The number of hydrogen-bond donors (Lipinski definition) is 0. The fourth-order valence-corrected chi connectivity index (χ4v) is 1.30. The van der Waals surface area contributed by atoms with E-state index in [1.807, 2.05) is 6.92 Å². The molecule has 1 aliphatic heterocycles. The lowest BCUT2D eigenvalue weighted by Gasteiger charge is -2.22. The molecule has 1 atom stereocenters. The average molecular weight is 188 g/mol. The molecule has 1 fully saturated rings. The largest absolute Gasteiger partial charge is 0.353 e. The zero-order chi connectivity index (χ0) is 9.52. The van der Waals surface area contributed by atoms with Gasteiger partial charge in [0.2, 0.25) is 0 Å². The van der Waals surface area contributed by atoms with Crippen LogP contribution in [-0.4, -0.2) is 19.5 Å². The summed E-state index contributed by atoms with van der Waals surface area (Å²) in [6, 6.07) is 0. The molecule has 76 valence electrons. The molecule has 1 saturated heterocycles. The number of rotatable bonds is 4. The molecule has 0 amide bonds. The quantitative estimate of drug-likeness (QED) is 0.675. The zero-order valence-electron chi connectivity index (χ0n) is 8.09. The summed E-state index contributed by atoms with van der Waals surface area (Å²) in [4.78, 5) is 0. The van der Waals surface area contributed by atoms with Gasteiger partial charge in [0.15, 0.2) is 6.29 Å². The van der Waals surface area contributed by atoms with Crippen LogP contribution in [0.5, 0.6) is 0 Å². The maximum Gasteiger partial charge on any atom is 0.158 e. The topological polar surface area (TPSA) is 18.5 Å². The number of ether oxygens (including phenoxy) is 2. The molecule has 0 aromatic rings. The first kappa shape index (κ1) is 10.7. The molecule has 3 heteroatoms. The number of hydrogen-bond acceptors (Lipinski definition) is 2. The van der Waals surface area contributed by atoms with E-state index in [0.29, 0.717) is 6.42 Å². The van der Waals surface area contributed by atoms with Crippen molar-refractivity contribution in [3.8, 4) is 0 Å². The molecule has 0 N–H and O–H groups in total. The van der Waals surface area contributed by atoms with Gasteiger partial charge in [-0.15, -0.1) is 0 Å². The Morgan fingerprint density at radius 1 is 1.62 bits per heavy atom. The summed E-state index contributed by atoms with van der Waals surface area (Å²) in [6.07, 6.45) is 5.14. The van der Waals surface area contributed by atoms with Crippen LogP contribution in [0.2, 0.25) is 0 Å². The standard InChI is InChI=1S/C10H17FO2/c1-2-5-9(11)8-13-10-6-3-4-7-12-10/h5,10H,2-4,6-8H2,1H3/b9-5+. The maximum absolute atomic E-state index is 12.8. The summed E-state index contributed by atoms with van der Waals surface area (Å²) in [5.41, 5.74) is 0. The Kier molecular flexibility index (Phi) is 5.01. The highest BCUT2D eigenvalue weighted by Crippen LogP contribution is 2.14. The summed E-state index contributed by atoms with van der Waals surface area (Å²) in [5, 5.41) is 0. The fourth-order valence-electron chi connectivity index (χ4n) is 1.30. The first-order valence-corrected chi connectivity index (χ1v) is 4.90. The minimum Gasteiger partial charge on any atom is -0.353 e. The van der Waals surface area contributed by atoms with Crippen LogP contribution in [0, 0.1) is 0 Å². The van der Waals surface area contributed by atoms with Gasteiger partial charge in [0.1, 0.15) is 12.4 Å². The first-order chi connectivity index (χ1) is 6.33. The van der Waals surface area contributed by atoms with E-state index in [9.17, 15) is 4.39 Å². The third kappa shape index (κ3) is 4.39. The van der Waals surface area contributed by atoms with Crippen molar-refractivity contribution in [1.29, 1.82) is 0 Å². The predicted molar refractivity (Wildman–Crippen MR) is 49.0 cm³/mol. The normalized spacial score (nSPS) is 24.8. The lowest BCUT2D eigenvalue weighted by atomic mass is 10.2. The molecule has 0 bridgehead atoms. The van der Waals surface area contributed by atoms with Gasteiger partial charge in [0.05, 0.1) is 0 Å². The van der Waals surface area contributed by atoms with Crippen LogP contribution < -0.4 is 0 Å². The van der Waals surface area contributed by atoms with Crippen LogP contribution in [0.15, 0.2) is 11.9 Å². The fraction of sp³-hybridized carbons (Fsp3) is 0.800. The van der Waals surface area contributed by atoms with Gasteiger partial charge in [-0.2, -0.15) is 0 Å². The van der Waals surface area contributed by atoms with Gasteiger partial charge in [-0.3, -0.25) is 0 Å². The van der Waals surface area contributed by atoms with Crippen LogP contribution in [0.3, 0.4) is 0 Å². The minimum absolute atomic E-state index is 0.0541. The molecule has 1 rings (SSSR count). The van der Waals surface area contributed by atoms with Crippen molar-refractivity contribution in [2.45, 2.75) is 38.9 Å². The van der Waals surface area contributed by atoms with Gasteiger partial charge in [0.25, 0.3) is 0 Å². The van der Waals surface area contributed by atoms with Crippen molar-refractivity contribution in [3.05, 3.63) is 11.9 Å². The lowest BCUT2D eigenvalue weighted by Crippen LogP contribution is -2.22. The molecule has 0 aliphatic carbocycles. The van der Waals surface area contributed by atoms with Crippen LogP contribution >= 0.6 is 0 Å². The maximum atomic E-state index is 12.8. The molecule has 0 saturated carbocycles. The molecule has 13 heavy (non-hydrogen) atoms. The Bertz CT molecular complexity index is 162. The molecule has 0 aromatic carbocycles. The van der Waals surface area contributed by atoms with Crippen LogP contribution in [-0.2, 0) is 9.47 Å². The molecule has 2 nitrogen and oxygen atoms in total. The summed E-state index contributed by atoms with van der Waals surface area (Å²) in [5.74, 6) is -0.198. The van der Waals surface area contributed by atoms with E-state index >= 15 is 0 Å². The second-order valence-electron chi connectivity index (χ2n) is 3.17. The minimum atomic E-state index is -0.198. The van der Waals surface area contributed by atoms with Crippen molar-refractivity contribution in [2.24, 2.45) is 0 Å². The predicted octanol–water partition coefficient (Wildman–Crippen LogP) is 2.79. The van der Waals surface area contributed by atoms with Crippen molar-refractivity contribution in [2.75, 3.05) is 13.2 Å². The van der Waals surface area contributed by atoms with Gasteiger partial charge >= 0.3 is 0 Å². The van der Waals surface area contributed by atoms with Gasteiger partial charge in [0, 0.05) is 6.61 Å². The Hall–Kier alpha value is -0.410.